The van der Waals surface area contributed by atoms with Gasteiger partial charge in [0.1, 0.15) is 13.2 Å². The summed E-state index contributed by atoms with van der Waals surface area (Å²) in [7, 11) is 0. The predicted molar refractivity (Wildman–Crippen MR) is 87.8 cm³/mol. The molecule has 0 aliphatic carbocycles. The van der Waals surface area contributed by atoms with Gasteiger partial charge in [0, 0.05) is 12.1 Å². The second kappa shape index (κ2) is 10.3. The van der Waals surface area contributed by atoms with E-state index < -0.39 is 12.1 Å². The van der Waals surface area contributed by atoms with Crippen molar-refractivity contribution in [3.63, 3.8) is 0 Å². The SMILES string of the molecule is CC(C)C(=O)OCCOC(=O)Nc1ccc(CCCC(=O)O)cc1. The Balaban J connectivity index is 2.26. The van der Waals surface area contributed by atoms with E-state index in [1.165, 1.54) is 0 Å². The Labute approximate surface area is 141 Å². The number of carbonyl (C=O) groups is 3. The second-order valence-corrected chi connectivity index (χ2v) is 5.53. The van der Waals surface area contributed by atoms with Gasteiger partial charge in [0.2, 0.25) is 0 Å². The van der Waals surface area contributed by atoms with Gasteiger partial charge in [-0.1, -0.05) is 26.0 Å². The van der Waals surface area contributed by atoms with E-state index in [9.17, 15) is 14.4 Å². The van der Waals surface area contributed by atoms with Crippen molar-refractivity contribution in [3.05, 3.63) is 29.8 Å². The summed E-state index contributed by atoms with van der Waals surface area (Å²) in [6.07, 6.45) is 0.736. The van der Waals surface area contributed by atoms with Crippen molar-refractivity contribution in [1.82, 2.24) is 0 Å². The molecule has 0 aromatic heterocycles. The standard InChI is InChI=1S/C17H23NO6/c1-12(2)16(21)23-10-11-24-17(22)18-14-8-6-13(7-9-14)4-3-5-15(19)20/h6-9,12H,3-5,10-11H2,1-2H3,(H,18,22)(H,19,20). The lowest BCUT2D eigenvalue weighted by Crippen LogP contribution is -2.19. The molecule has 7 nitrogen and oxygen atoms in total. The lowest BCUT2D eigenvalue weighted by atomic mass is 10.1. The zero-order chi connectivity index (χ0) is 17.9. The highest BCUT2D eigenvalue weighted by Crippen LogP contribution is 2.12. The zero-order valence-electron chi connectivity index (χ0n) is 13.9. The van der Waals surface area contributed by atoms with Crippen LogP contribution in [0.3, 0.4) is 0 Å². The quantitative estimate of drug-likeness (QED) is 0.531. The molecular weight excluding hydrogens is 314 g/mol. The van der Waals surface area contributed by atoms with Crippen molar-refractivity contribution in [3.8, 4) is 0 Å². The van der Waals surface area contributed by atoms with Gasteiger partial charge in [-0.3, -0.25) is 14.9 Å². The minimum atomic E-state index is -0.810. The van der Waals surface area contributed by atoms with Gasteiger partial charge in [0.05, 0.1) is 5.92 Å². The van der Waals surface area contributed by atoms with Crippen molar-refractivity contribution in [2.24, 2.45) is 5.92 Å². The monoisotopic (exact) mass is 337 g/mol. The summed E-state index contributed by atoms with van der Waals surface area (Å²) >= 11 is 0. The van der Waals surface area contributed by atoms with E-state index in [0.29, 0.717) is 18.5 Å². The number of carboxylic acids is 1. The van der Waals surface area contributed by atoms with Crippen molar-refractivity contribution in [2.75, 3.05) is 18.5 Å². The summed E-state index contributed by atoms with van der Waals surface area (Å²) in [5, 5.41) is 11.2. The number of anilines is 1. The number of amides is 1. The molecule has 24 heavy (non-hydrogen) atoms. The van der Waals surface area contributed by atoms with E-state index in [2.05, 4.69) is 5.32 Å². The first-order valence-corrected chi connectivity index (χ1v) is 7.79. The van der Waals surface area contributed by atoms with Crippen LogP contribution in [-0.2, 0) is 25.5 Å². The lowest BCUT2D eigenvalue weighted by molar-refractivity contribution is -0.148. The smallest absolute Gasteiger partial charge is 0.411 e. The number of esters is 1. The summed E-state index contributed by atoms with van der Waals surface area (Å²) in [4.78, 5) is 33.3. The Kier molecular flexibility index (Phi) is 8.32. The fourth-order valence-corrected chi connectivity index (χ4v) is 1.80. The Morgan fingerprint density at radius 1 is 1.08 bits per heavy atom. The van der Waals surface area contributed by atoms with E-state index in [-0.39, 0.29) is 31.5 Å². The summed E-state index contributed by atoms with van der Waals surface area (Å²) in [5.74, 6) is -1.36. The fraction of sp³-hybridized carbons (Fsp3) is 0.471. The summed E-state index contributed by atoms with van der Waals surface area (Å²) in [6, 6.07) is 7.08. The van der Waals surface area contributed by atoms with Crippen LogP contribution in [0.1, 0.15) is 32.3 Å². The fourth-order valence-electron chi connectivity index (χ4n) is 1.80. The molecule has 0 spiro atoms. The summed E-state index contributed by atoms with van der Waals surface area (Å²) in [6.45, 7) is 3.45. The molecule has 1 rings (SSSR count). The van der Waals surface area contributed by atoms with Gasteiger partial charge in [-0.05, 0) is 30.5 Å². The van der Waals surface area contributed by atoms with E-state index >= 15 is 0 Å². The van der Waals surface area contributed by atoms with Crippen molar-refractivity contribution in [1.29, 1.82) is 0 Å². The van der Waals surface area contributed by atoms with Crippen LogP contribution in [0.4, 0.5) is 10.5 Å². The molecule has 0 atom stereocenters. The molecule has 0 aliphatic heterocycles. The van der Waals surface area contributed by atoms with Crippen LogP contribution in [0.2, 0.25) is 0 Å². The number of ether oxygens (including phenoxy) is 2. The molecule has 1 amide bonds. The highest BCUT2D eigenvalue weighted by atomic mass is 16.6. The van der Waals surface area contributed by atoms with Crippen LogP contribution in [0.25, 0.3) is 0 Å². The number of aryl methyl sites for hydroxylation is 1. The molecule has 0 radical (unpaired) electrons. The average molecular weight is 337 g/mol. The molecule has 0 saturated heterocycles. The molecule has 0 fully saturated rings. The van der Waals surface area contributed by atoms with E-state index in [4.69, 9.17) is 14.6 Å². The van der Waals surface area contributed by atoms with E-state index in [0.717, 1.165) is 5.56 Å². The molecule has 0 unspecified atom stereocenters. The maximum atomic E-state index is 11.6. The Morgan fingerprint density at radius 3 is 2.29 bits per heavy atom. The van der Waals surface area contributed by atoms with Crippen molar-refractivity contribution < 1.29 is 29.0 Å². The van der Waals surface area contributed by atoms with Gasteiger partial charge < -0.3 is 14.6 Å². The van der Waals surface area contributed by atoms with Crippen molar-refractivity contribution in [2.45, 2.75) is 33.1 Å². The molecule has 0 saturated carbocycles. The molecule has 0 bridgehead atoms. The third kappa shape index (κ3) is 8.17. The molecule has 0 aliphatic rings. The van der Waals surface area contributed by atoms with Gasteiger partial charge in [-0.15, -0.1) is 0 Å². The van der Waals surface area contributed by atoms with Crippen LogP contribution in [0, 0.1) is 5.92 Å². The third-order valence-electron chi connectivity index (χ3n) is 3.09. The molecule has 1 aromatic rings. The number of rotatable bonds is 9. The number of hydrogen-bond acceptors (Lipinski definition) is 5. The first-order valence-electron chi connectivity index (χ1n) is 7.79. The number of carbonyl (C=O) groups excluding carboxylic acids is 2. The van der Waals surface area contributed by atoms with Gasteiger partial charge in [0.25, 0.3) is 0 Å². The maximum absolute atomic E-state index is 11.6. The van der Waals surface area contributed by atoms with E-state index in [1.807, 2.05) is 12.1 Å². The number of benzene rings is 1. The first kappa shape index (κ1) is 19.5. The van der Waals surface area contributed by atoms with Gasteiger partial charge in [-0.25, -0.2) is 4.79 Å². The van der Waals surface area contributed by atoms with Gasteiger partial charge in [-0.2, -0.15) is 0 Å². The second-order valence-electron chi connectivity index (χ2n) is 5.53. The van der Waals surface area contributed by atoms with Gasteiger partial charge in [0.15, 0.2) is 0 Å². The highest BCUT2D eigenvalue weighted by molar-refractivity contribution is 5.84. The minimum Gasteiger partial charge on any atom is -0.481 e. The highest BCUT2D eigenvalue weighted by Gasteiger charge is 2.09. The van der Waals surface area contributed by atoms with Gasteiger partial charge >= 0.3 is 18.0 Å². The van der Waals surface area contributed by atoms with Crippen LogP contribution in [-0.4, -0.2) is 36.4 Å². The minimum absolute atomic E-state index is 0.0163. The van der Waals surface area contributed by atoms with E-state index in [1.54, 1.807) is 26.0 Å². The van der Waals surface area contributed by atoms with Crippen LogP contribution in [0.5, 0.6) is 0 Å². The number of aliphatic carboxylic acids is 1. The molecule has 7 heteroatoms. The van der Waals surface area contributed by atoms with Crippen LogP contribution < -0.4 is 5.32 Å². The molecule has 132 valence electrons. The molecular formula is C17H23NO6. The summed E-state index contributed by atoms with van der Waals surface area (Å²) in [5.41, 5.74) is 1.57. The first-order chi connectivity index (χ1) is 11.4. The number of nitrogens with one attached hydrogen (secondary N) is 1. The van der Waals surface area contributed by atoms with Crippen LogP contribution in [0.15, 0.2) is 24.3 Å². The Bertz CT molecular complexity index is 553. The Morgan fingerprint density at radius 2 is 1.71 bits per heavy atom. The normalized spacial score (nSPS) is 10.3. The topological polar surface area (TPSA) is 102 Å². The molecule has 0 heterocycles. The lowest BCUT2D eigenvalue weighted by Gasteiger charge is -2.09. The zero-order valence-corrected chi connectivity index (χ0v) is 13.9. The Hall–Kier alpha value is -2.57. The number of carboxylic acid groups (broad SMARTS) is 1. The molecule has 2 N–H and O–H groups in total. The van der Waals surface area contributed by atoms with Crippen LogP contribution >= 0.6 is 0 Å². The predicted octanol–water partition coefficient (Wildman–Crippen LogP) is 2.84. The average Bonchev–Trinajstić information content (AvgIpc) is 2.52. The maximum Gasteiger partial charge on any atom is 0.411 e. The molecule has 1 aromatic carbocycles. The number of hydrogen-bond donors (Lipinski definition) is 2. The third-order valence-corrected chi connectivity index (χ3v) is 3.09. The summed E-state index contributed by atoms with van der Waals surface area (Å²) < 4.78 is 9.79. The largest absolute Gasteiger partial charge is 0.481 e. The van der Waals surface area contributed by atoms with Crippen molar-refractivity contribution >= 4 is 23.7 Å².